The summed E-state index contributed by atoms with van der Waals surface area (Å²) in [4.78, 5) is 31.3. The molecule has 0 bridgehead atoms. The second-order valence-corrected chi connectivity index (χ2v) is 6.94. The van der Waals surface area contributed by atoms with E-state index >= 15 is 0 Å². The predicted molar refractivity (Wildman–Crippen MR) is 96.0 cm³/mol. The van der Waals surface area contributed by atoms with E-state index in [1.54, 1.807) is 0 Å². The van der Waals surface area contributed by atoms with Crippen LogP contribution in [0.25, 0.3) is 0 Å². The lowest BCUT2D eigenvalue weighted by atomic mass is 9.98. The lowest BCUT2D eigenvalue weighted by molar-refractivity contribution is -0.191. The van der Waals surface area contributed by atoms with Gasteiger partial charge in [0, 0.05) is 11.7 Å². The van der Waals surface area contributed by atoms with Crippen LogP contribution in [0.2, 0.25) is 0 Å². The molecule has 0 amide bonds. The molecule has 0 aromatic heterocycles. The summed E-state index contributed by atoms with van der Waals surface area (Å²) in [6, 6.07) is 10.5. The SMILES string of the molecule is CC(C)OC(=O)C(C(C)C)N(c1ccccc1)C1CCCC1.O=C=O. The Kier molecular flexibility index (Phi) is 8.93. The zero-order chi connectivity index (χ0) is 18.8. The molecular formula is C20H29NO4. The summed E-state index contributed by atoms with van der Waals surface area (Å²) in [7, 11) is 0. The highest BCUT2D eigenvalue weighted by molar-refractivity contribution is 5.81. The molecule has 138 valence electrons. The number of esters is 1. The molecule has 1 aliphatic carbocycles. The van der Waals surface area contributed by atoms with Gasteiger partial charge in [-0.2, -0.15) is 9.59 Å². The van der Waals surface area contributed by atoms with Gasteiger partial charge in [-0.3, -0.25) is 0 Å². The molecule has 0 radical (unpaired) electrons. The van der Waals surface area contributed by atoms with Crippen molar-refractivity contribution in [3.63, 3.8) is 0 Å². The Balaban J connectivity index is 0.000000970. The van der Waals surface area contributed by atoms with Crippen molar-refractivity contribution >= 4 is 17.8 Å². The average molecular weight is 347 g/mol. The number of para-hydroxylation sites is 1. The summed E-state index contributed by atoms with van der Waals surface area (Å²) >= 11 is 0. The van der Waals surface area contributed by atoms with Crippen LogP contribution in [0.15, 0.2) is 30.3 Å². The van der Waals surface area contributed by atoms with Gasteiger partial charge in [0.25, 0.3) is 0 Å². The summed E-state index contributed by atoms with van der Waals surface area (Å²) in [5.74, 6) is 0.118. The summed E-state index contributed by atoms with van der Waals surface area (Å²) in [6.07, 6.45) is 4.99. The summed E-state index contributed by atoms with van der Waals surface area (Å²) < 4.78 is 5.56. The van der Waals surface area contributed by atoms with Crippen molar-refractivity contribution in [1.29, 1.82) is 0 Å². The maximum absolute atomic E-state index is 12.7. The normalized spacial score (nSPS) is 15.3. The first kappa shape index (κ1) is 20.9. The van der Waals surface area contributed by atoms with Crippen LogP contribution in [0, 0.1) is 5.92 Å². The lowest BCUT2D eigenvalue weighted by Gasteiger charge is -2.39. The van der Waals surface area contributed by atoms with E-state index in [0.29, 0.717) is 6.04 Å². The van der Waals surface area contributed by atoms with Crippen LogP contribution < -0.4 is 4.90 Å². The number of carbonyl (C=O) groups is 1. The van der Waals surface area contributed by atoms with E-state index in [4.69, 9.17) is 14.3 Å². The Labute approximate surface area is 150 Å². The van der Waals surface area contributed by atoms with Crippen molar-refractivity contribution in [3.05, 3.63) is 30.3 Å². The van der Waals surface area contributed by atoms with Crippen LogP contribution in [0.3, 0.4) is 0 Å². The van der Waals surface area contributed by atoms with E-state index in [1.807, 2.05) is 32.0 Å². The van der Waals surface area contributed by atoms with Crippen molar-refractivity contribution < 1.29 is 19.1 Å². The number of carbonyl (C=O) groups excluding carboxylic acids is 3. The van der Waals surface area contributed by atoms with Crippen molar-refractivity contribution in [2.24, 2.45) is 5.92 Å². The van der Waals surface area contributed by atoms with E-state index in [-0.39, 0.29) is 30.2 Å². The minimum atomic E-state index is -0.215. The third-order valence-electron chi connectivity index (χ3n) is 4.30. The van der Waals surface area contributed by atoms with E-state index in [2.05, 4.69) is 30.9 Å². The standard InChI is InChI=1S/C19H29NO2.CO2/c1-14(2)18(19(21)22-15(3)4)20(17-12-8-9-13-17)16-10-6-5-7-11-16;2-1-3/h5-7,10-11,14-15,17-18H,8-9,12-13H2,1-4H3;. The van der Waals surface area contributed by atoms with Gasteiger partial charge in [0.05, 0.1) is 6.10 Å². The zero-order valence-corrected chi connectivity index (χ0v) is 15.6. The summed E-state index contributed by atoms with van der Waals surface area (Å²) in [5.41, 5.74) is 1.13. The van der Waals surface area contributed by atoms with Gasteiger partial charge in [-0.15, -0.1) is 0 Å². The van der Waals surface area contributed by atoms with Gasteiger partial charge >= 0.3 is 12.1 Å². The van der Waals surface area contributed by atoms with Crippen LogP contribution in [-0.2, 0) is 19.1 Å². The van der Waals surface area contributed by atoms with Crippen molar-refractivity contribution in [3.8, 4) is 0 Å². The molecule has 0 saturated heterocycles. The molecule has 0 N–H and O–H groups in total. The first-order valence-corrected chi connectivity index (χ1v) is 8.95. The largest absolute Gasteiger partial charge is 0.461 e. The second-order valence-electron chi connectivity index (χ2n) is 6.94. The number of benzene rings is 1. The van der Waals surface area contributed by atoms with E-state index in [0.717, 1.165) is 18.5 Å². The average Bonchev–Trinajstić information content (AvgIpc) is 3.06. The number of hydrogen-bond donors (Lipinski definition) is 0. The molecule has 1 fully saturated rings. The van der Waals surface area contributed by atoms with Crippen molar-refractivity contribution in [2.45, 2.75) is 71.6 Å². The minimum Gasteiger partial charge on any atom is -0.461 e. The maximum atomic E-state index is 12.7. The fourth-order valence-corrected chi connectivity index (χ4v) is 3.39. The van der Waals surface area contributed by atoms with Gasteiger partial charge in [-0.1, -0.05) is 44.9 Å². The van der Waals surface area contributed by atoms with Crippen molar-refractivity contribution in [1.82, 2.24) is 0 Å². The fourth-order valence-electron chi connectivity index (χ4n) is 3.39. The molecule has 1 aliphatic rings. The number of rotatable bonds is 6. The Bertz CT molecular complexity index is 544. The minimum absolute atomic E-state index is 0.0741. The number of anilines is 1. The van der Waals surface area contributed by atoms with Crippen LogP contribution in [0.5, 0.6) is 0 Å². The molecule has 1 aromatic carbocycles. The van der Waals surface area contributed by atoms with E-state index < -0.39 is 0 Å². The topological polar surface area (TPSA) is 63.7 Å². The molecule has 1 unspecified atom stereocenters. The maximum Gasteiger partial charge on any atom is 0.373 e. The molecule has 1 atom stereocenters. The molecule has 1 aromatic rings. The van der Waals surface area contributed by atoms with Crippen LogP contribution in [0.4, 0.5) is 5.69 Å². The Morgan fingerprint density at radius 3 is 2.04 bits per heavy atom. The van der Waals surface area contributed by atoms with E-state index in [1.165, 1.54) is 12.8 Å². The van der Waals surface area contributed by atoms with Gasteiger partial charge in [-0.25, -0.2) is 4.79 Å². The van der Waals surface area contributed by atoms with Gasteiger partial charge in [0.1, 0.15) is 6.04 Å². The number of nitrogens with zero attached hydrogens (tertiary/aromatic N) is 1. The lowest BCUT2D eigenvalue weighted by Crippen LogP contribution is -2.50. The molecule has 0 aliphatic heterocycles. The molecular weight excluding hydrogens is 318 g/mol. The molecule has 5 heteroatoms. The number of hydrogen-bond acceptors (Lipinski definition) is 5. The zero-order valence-electron chi connectivity index (χ0n) is 15.6. The summed E-state index contributed by atoms with van der Waals surface area (Å²) in [5, 5.41) is 0. The Hall–Kier alpha value is -2.13. The first-order valence-electron chi connectivity index (χ1n) is 8.95. The fraction of sp³-hybridized carbons (Fsp3) is 0.600. The highest BCUT2D eigenvalue weighted by atomic mass is 16.5. The van der Waals surface area contributed by atoms with Crippen LogP contribution >= 0.6 is 0 Å². The van der Waals surface area contributed by atoms with Crippen LogP contribution in [-0.4, -0.2) is 30.3 Å². The van der Waals surface area contributed by atoms with Gasteiger partial charge < -0.3 is 9.64 Å². The second kappa shape index (κ2) is 10.7. The molecule has 5 nitrogen and oxygen atoms in total. The van der Waals surface area contributed by atoms with Crippen molar-refractivity contribution in [2.75, 3.05) is 4.90 Å². The van der Waals surface area contributed by atoms with Gasteiger partial charge in [0.2, 0.25) is 0 Å². The third-order valence-corrected chi connectivity index (χ3v) is 4.30. The smallest absolute Gasteiger partial charge is 0.373 e. The van der Waals surface area contributed by atoms with Gasteiger partial charge in [0.15, 0.2) is 0 Å². The Morgan fingerprint density at radius 1 is 1.08 bits per heavy atom. The molecule has 25 heavy (non-hydrogen) atoms. The molecule has 2 rings (SSSR count). The first-order chi connectivity index (χ1) is 11.9. The molecule has 0 heterocycles. The molecule has 1 saturated carbocycles. The quantitative estimate of drug-likeness (QED) is 0.732. The van der Waals surface area contributed by atoms with E-state index in [9.17, 15) is 4.79 Å². The number of ether oxygens (including phenoxy) is 1. The third kappa shape index (κ3) is 6.35. The van der Waals surface area contributed by atoms with Crippen LogP contribution in [0.1, 0.15) is 53.4 Å². The summed E-state index contributed by atoms with van der Waals surface area (Å²) in [6.45, 7) is 8.05. The van der Waals surface area contributed by atoms with Gasteiger partial charge in [-0.05, 0) is 44.7 Å². The molecule has 0 spiro atoms. The predicted octanol–water partition coefficient (Wildman–Crippen LogP) is 3.83. The monoisotopic (exact) mass is 347 g/mol. The highest BCUT2D eigenvalue weighted by Crippen LogP contribution is 2.32. The highest BCUT2D eigenvalue weighted by Gasteiger charge is 2.36. The Morgan fingerprint density at radius 2 is 1.60 bits per heavy atom.